The Kier molecular flexibility index (Phi) is 7.94. The Bertz CT molecular complexity index is 1160. The summed E-state index contributed by atoms with van der Waals surface area (Å²) >= 11 is 0. The summed E-state index contributed by atoms with van der Waals surface area (Å²) in [4.78, 5) is 21.5. The minimum Gasteiger partial charge on any atom is -0.449 e. The first-order chi connectivity index (χ1) is 16.6. The molecule has 2 atom stereocenters. The molecule has 1 heterocycles. The normalized spacial score (nSPS) is 17.3. The number of carbonyl (C=O) groups is 1. The van der Waals surface area contributed by atoms with Gasteiger partial charge >= 0.3 is 6.09 Å². The van der Waals surface area contributed by atoms with E-state index in [1.807, 2.05) is 6.92 Å². The molecule has 1 aliphatic rings. The molecule has 186 valence electrons. The number of nitrogen functional groups attached to an aromatic ring is 2. The molecule has 6 N–H and O–H groups in total. The summed E-state index contributed by atoms with van der Waals surface area (Å²) in [6.07, 6.45) is -0.850. The molecule has 9 nitrogen and oxygen atoms in total. The quantitative estimate of drug-likeness (QED) is 0.390. The van der Waals surface area contributed by atoms with Crippen molar-refractivity contribution < 1.29 is 22.7 Å². The maximum atomic E-state index is 14.2. The fourth-order valence-corrected chi connectivity index (χ4v) is 3.50. The van der Waals surface area contributed by atoms with Crippen molar-refractivity contribution in [1.82, 2.24) is 9.97 Å². The van der Waals surface area contributed by atoms with Crippen molar-refractivity contribution >= 4 is 40.8 Å². The van der Waals surface area contributed by atoms with Crippen LogP contribution >= 0.6 is 0 Å². The van der Waals surface area contributed by atoms with Gasteiger partial charge < -0.3 is 26.9 Å². The van der Waals surface area contributed by atoms with E-state index in [4.69, 9.17) is 21.6 Å². The number of aromatic nitrogens is 2. The van der Waals surface area contributed by atoms with Crippen LogP contribution in [0.3, 0.4) is 0 Å². The van der Waals surface area contributed by atoms with Crippen molar-refractivity contribution in [2.45, 2.75) is 25.9 Å². The second-order valence-corrected chi connectivity index (χ2v) is 7.84. The van der Waals surface area contributed by atoms with Gasteiger partial charge in [0.05, 0.1) is 6.61 Å². The molecular weight excluding hydrogens is 463 g/mol. The molecule has 2 aromatic rings. The van der Waals surface area contributed by atoms with E-state index >= 15 is 0 Å². The highest BCUT2D eigenvalue weighted by Crippen LogP contribution is 2.33. The van der Waals surface area contributed by atoms with Crippen LogP contribution in [0.15, 0.2) is 48.1 Å². The summed E-state index contributed by atoms with van der Waals surface area (Å²) in [7, 11) is 1.42. The number of hydrogen-bond donors (Lipinski definition) is 4. The highest BCUT2D eigenvalue weighted by Gasteiger charge is 2.30. The Morgan fingerprint density at radius 3 is 2.54 bits per heavy atom. The lowest BCUT2D eigenvalue weighted by molar-refractivity contribution is 0.155. The number of nitrogens with zero attached hydrogens (tertiary/aromatic N) is 3. The second kappa shape index (κ2) is 10.9. The van der Waals surface area contributed by atoms with Crippen molar-refractivity contribution in [1.29, 1.82) is 5.41 Å². The summed E-state index contributed by atoms with van der Waals surface area (Å²) in [5, 5.41) is 11.3. The van der Waals surface area contributed by atoms with Gasteiger partial charge in [-0.25, -0.2) is 18.0 Å². The lowest BCUT2D eigenvalue weighted by atomic mass is 9.89. The van der Waals surface area contributed by atoms with Crippen LogP contribution in [0, 0.1) is 11.3 Å². The highest BCUT2D eigenvalue weighted by atomic mass is 19.2. The Labute approximate surface area is 200 Å². The van der Waals surface area contributed by atoms with Crippen molar-refractivity contribution in [3.8, 4) is 0 Å². The van der Waals surface area contributed by atoms with Crippen LogP contribution in [0.25, 0.3) is 0 Å². The van der Waals surface area contributed by atoms with Crippen molar-refractivity contribution in [3.05, 3.63) is 53.6 Å². The average Bonchev–Trinajstić information content (AvgIpc) is 2.80. The van der Waals surface area contributed by atoms with Crippen LogP contribution in [0.5, 0.6) is 0 Å². The van der Waals surface area contributed by atoms with Crippen LogP contribution in [0.2, 0.25) is 0 Å². The molecule has 0 bridgehead atoms. The number of nitrogens with one attached hydrogen (secondary N) is 2. The van der Waals surface area contributed by atoms with Crippen LogP contribution in [0.1, 0.15) is 25.3 Å². The molecule has 0 radical (unpaired) electrons. The van der Waals surface area contributed by atoms with Gasteiger partial charge in [-0.15, -0.1) is 0 Å². The van der Waals surface area contributed by atoms with E-state index in [0.717, 1.165) is 11.0 Å². The molecule has 12 heteroatoms. The van der Waals surface area contributed by atoms with E-state index in [1.54, 1.807) is 24.3 Å². The van der Waals surface area contributed by atoms with Gasteiger partial charge in [0.1, 0.15) is 17.3 Å². The summed E-state index contributed by atoms with van der Waals surface area (Å²) in [6, 6.07) is 6.54. The molecular formula is C23H26F3N7O2. The fraction of sp³-hybridized carbons (Fsp3) is 0.304. The smallest absolute Gasteiger partial charge is 0.414 e. The van der Waals surface area contributed by atoms with Crippen molar-refractivity contribution in [2.24, 2.45) is 5.92 Å². The first-order valence-corrected chi connectivity index (χ1v) is 10.8. The molecule has 1 amide bonds. The van der Waals surface area contributed by atoms with Crippen LogP contribution in [-0.4, -0.2) is 41.6 Å². The number of anilines is 5. The number of amides is 1. The molecule has 1 aromatic heterocycles. The van der Waals surface area contributed by atoms with E-state index in [9.17, 15) is 18.0 Å². The summed E-state index contributed by atoms with van der Waals surface area (Å²) < 4.78 is 46.5. The number of carbonyl (C=O) groups excluding carboxylic acids is 1. The highest BCUT2D eigenvalue weighted by molar-refractivity contribution is 6.03. The summed E-state index contributed by atoms with van der Waals surface area (Å²) in [6.45, 7) is 2.08. The van der Waals surface area contributed by atoms with Gasteiger partial charge in [0.15, 0.2) is 17.8 Å². The summed E-state index contributed by atoms with van der Waals surface area (Å²) in [5.41, 5.74) is 12.8. The standard InChI is InChI=1S/C23H26F3N7O2/c1-3-8-35-23(34)33(2)19-20(28)31-22(32-21(19)29)30-17-7-5-4-6-14(17)16(27)10-12-9-13(24)11-15(25)18(12)26/h4-7,9,11-12,18,27H,3,8,10H2,1-2H3,(H5,28,29,30,31,32). The van der Waals surface area contributed by atoms with E-state index < -0.39 is 29.8 Å². The molecule has 0 aliphatic heterocycles. The van der Waals surface area contributed by atoms with E-state index in [2.05, 4.69) is 15.3 Å². The zero-order chi connectivity index (χ0) is 25.7. The van der Waals surface area contributed by atoms with Gasteiger partial charge in [0.25, 0.3) is 0 Å². The van der Waals surface area contributed by atoms with Gasteiger partial charge in [-0.1, -0.05) is 25.1 Å². The Balaban J connectivity index is 1.81. The van der Waals surface area contributed by atoms with Gasteiger partial charge in [0, 0.05) is 36.0 Å². The zero-order valence-electron chi connectivity index (χ0n) is 19.2. The molecule has 1 aromatic carbocycles. The number of benzene rings is 1. The molecule has 1 aliphatic carbocycles. The third kappa shape index (κ3) is 5.89. The zero-order valence-corrected chi connectivity index (χ0v) is 19.2. The number of allylic oxidation sites excluding steroid dienone is 4. The number of para-hydroxylation sites is 1. The fourth-order valence-electron chi connectivity index (χ4n) is 3.50. The number of alkyl halides is 1. The second-order valence-electron chi connectivity index (χ2n) is 7.84. The molecule has 0 saturated heterocycles. The number of ether oxygens (including phenoxy) is 1. The number of rotatable bonds is 8. The average molecular weight is 490 g/mol. The van der Waals surface area contributed by atoms with Crippen LogP contribution in [-0.2, 0) is 4.74 Å². The molecule has 0 fully saturated rings. The maximum absolute atomic E-state index is 14.2. The molecule has 0 saturated carbocycles. The SMILES string of the molecule is CCCOC(=O)N(C)c1c(N)nc(Nc2ccccc2C(=N)CC2C=C(F)C=C(F)C2F)nc1N. The lowest BCUT2D eigenvalue weighted by Gasteiger charge is -2.22. The lowest BCUT2D eigenvalue weighted by Crippen LogP contribution is -2.29. The van der Waals surface area contributed by atoms with Crippen molar-refractivity contribution in [3.63, 3.8) is 0 Å². The Hall–Kier alpha value is -4.09. The first-order valence-electron chi connectivity index (χ1n) is 10.8. The van der Waals surface area contributed by atoms with Gasteiger partial charge in [-0.05, 0) is 25.0 Å². The van der Waals surface area contributed by atoms with Crippen molar-refractivity contribution in [2.75, 3.05) is 35.3 Å². The molecule has 0 spiro atoms. The third-order valence-electron chi connectivity index (χ3n) is 5.20. The van der Waals surface area contributed by atoms with E-state index in [0.29, 0.717) is 23.7 Å². The molecule has 3 rings (SSSR count). The monoisotopic (exact) mass is 489 g/mol. The molecule has 35 heavy (non-hydrogen) atoms. The Morgan fingerprint density at radius 2 is 1.89 bits per heavy atom. The van der Waals surface area contributed by atoms with E-state index in [1.165, 1.54) is 7.05 Å². The number of hydrogen-bond acceptors (Lipinski definition) is 8. The number of nitrogens with two attached hydrogens (primary N) is 2. The maximum Gasteiger partial charge on any atom is 0.414 e. The largest absolute Gasteiger partial charge is 0.449 e. The van der Waals surface area contributed by atoms with E-state index in [-0.39, 0.29) is 42.0 Å². The topological polar surface area (TPSA) is 143 Å². The Morgan fingerprint density at radius 1 is 1.23 bits per heavy atom. The summed E-state index contributed by atoms with van der Waals surface area (Å²) in [5.74, 6) is -3.45. The first kappa shape index (κ1) is 25.5. The number of halogens is 3. The van der Waals surface area contributed by atoms with Gasteiger partial charge in [-0.2, -0.15) is 9.97 Å². The van der Waals surface area contributed by atoms with Crippen LogP contribution in [0.4, 0.5) is 46.9 Å². The minimum atomic E-state index is -2.04. The minimum absolute atomic E-state index is 0.0136. The predicted molar refractivity (Wildman–Crippen MR) is 129 cm³/mol. The van der Waals surface area contributed by atoms with Crippen LogP contribution < -0.4 is 21.7 Å². The predicted octanol–water partition coefficient (Wildman–Crippen LogP) is 4.80. The third-order valence-corrected chi connectivity index (χ3v) is 5.20. The van der Waals surface area contributed by atoms with Gasteiger partial charge in [0.2, 0.25) is 5.95 Å². The van der Waals surface area contributed by atoms with Gasteiger partial charge in [-0.3, -0.25) is 4.90 Å². The molecule has 2 unspecified atom stereocenters.